The van der Waals surface area contributed by atoms with Crippen LogP contribution in [0.25, 0.3) is 0 Å². The van der Waals surface area contributed by atoms with Crippen molar-refractivity contribution in [3.05, 3.63) is 89.5 Å². The minimum absolute atomic E-state index is 0.179. The molecule has 0 spiro atoms. The minimum atomic E-state index is -3.69. The Morgan fingerprint density at radius 3 is 2.29 bits per heavy atom. The van der Waals surface area contributed by atoms with Gasteiger partial charge in [-0.15, -0.1) is 0 Å². The van der Waals surface area contributed by atoms with Crippen molar-refractivity contribution in [3.63, 3.8) is 0 Å². The second kappa shape index (κ2) is 9.66. The van der Waals surface area contributed by atoms with Gasteiger partial charge in [-0.3, -0.25) is 9.52 Å². The van der Waals surface area contributed by atoms with Crippen LogP contribution in [0.3, 0.4) is 0 Å². The van der Waals surface area contributed by atoms with E-state index in [9.17, 15) is 13.2 Å². The SMILES string of the molecule is Cc1ccc(OC[C@H](C)NC(=O)c2ccc(NS(=O)(=O)c3ccccc3)c(C)c2)cc1. The lowest BCUT2D eigenvalue weighted by molar-refractivity contribution is 0.0926. The van der Waals surface area contributed by atoms with Crippen LogP contribution in [0.15, 0.2) is 77.7 Å². The smallest absolute Gasteiger partial charge is 0.261 e. The molecular weight excluding hydrogens is 412 g/mol. The molecule has 7 heteroatoms. The quantitative estimate of drug-likeness (QED) is 0.549. The Morgan fingerprint density at radius 1 is 0.968 bits per heavy atom. The van der Waals surface area contributed by atoms with E-state index in [0.717, 1.165) is 11.3 Å². The van der Waals surface area contributed by atoms with Gasteiger partial charge in [-0.1, -0.05) is 35.9 Å². The maximum absolute atomic E-state index is 12.6. The average molecular weight is 439 g/mol. The lowest BCUT2D eigenvalue weighted by atomic mass is 10.1. The van der Waals surface area contributed by atoms with E-state index in [1.807, 2.05) is 38.1 Å². The first-order valence-corrected chi connectivity index (χ1v) is 11.4. The molecule has 162 valence electrons. The molecule has 3 aromatic carbocycles. The topological polar surface area (TPSA) is 84.5 Å². The molecule has 0 saturated carbocycles. The Bertz CT molecular complexity index is 1140. The summed E-state index contributed by atoms with van der Waals surface area (Å²) in [6, 6.07) is 20.5. The van der Waals surface area contributed by atoms with Gasteiger partial charge in [0, 0.05) is 5.56 Å². The molecule has 1 atom stereocenters. The van der Waals surface area contributed by atoms with Gasteiger partial charge in [-0.05, 0) is 68.8 Å². The van der Waals surface area contributed by atoms with Crippen LogP contribution < -0.4 is 14.8 Å². The number of amides is 1. The predicted octanol–water partition coefficient (Wildman–Crippen LogP) is 4.30. The van der Waals surface area contributed by atoms with Crippen LogP contribution in [0.5, 0.6) is 5.75 Å². The largest absolute Gasteiger partial charge is 0.491 e. The summed E-state index contributed by atoms with van der Waals surface area (Å²) in [4.78, 5) is 12.8. The maximum atomic E-state index is 12.6. The molecule has 0 radical (unpaired) electrons. The second-order valence-electron chi connectivity index (χ2n) is 7.45. The summed E-state index contributed by atoms with van der Waals surface area (Å²) in [7, 11) is -3.69. The molecule has 0 saturated heterocycles. The highest BCUT2D eigenvalue weighted by molar-refractivity contribution is 7.92. The molecule has 31 heavy (non-hydrogen) atoms. The van der Waals surface area contributed by atoms with E-state index in [1.54, 1.807) is 43.3 Å². The minimum Gasteiger partial charge on any atom is -0.491 e. The summed E-state index contributed by atoms with van der Waals surface area (Å²) in [5, 5.41) is 2.90. The van der Waals surface area contributed by atoms with Gasteiger partial charge in [0.2, 0.25) is 0 Å². The van der Waals surface area contributed by atoms with Gasteiger partial charge in [0.15, 0.2) is 0 Å². The molecule has 0 aromatic heterocycles. The molecule has 6 nitrogen and oxygen atoms in total. The van der Waals surface area contributed by atoms with E-state index >= 15 is 0 Å². The van der Waals surface area contributed by atoms with E-state index in [1.165, 1.54) is 12.1 Å². The first-order valence-electron chi connectivity index (χ1n) is 9.93. The van der Waals surface area contributed by atoms with Crippen molar-refractivity contribution < 1.29 is 17.9 Å². The van der Waals surface area contributed by atoms with Gasteiger partial charge in [-0.2, -0.15) is 0 Å². The fraction of sp³-hybridized carbons (Fsp3) is 0.208. The molecular formula is C24H26N2O4S. The molecule has 3 aromatic rings. The van der Waals surface area contributed by atoms with E-state index < -0.39 is 10.0 Å². The number of rotatable bonds is 8. The normalized spacial score (nSPS) is 12.1. The van der Waals surface area contributed by atoms with Crippen LogP contribution in [0.1, 0.15) is 28.4 Å². The zero-order valence-corrected chi connectivity index (χ0v) is 18.6. The third-order valence-electron chi connectivity index (χ3n) is 4.68. The van der Waals surface area contributed by atoms with Gasteiger partial charge in [0.05, 0.1) is 16.6 Å². The van der Waals surface area contributed by atoms with Crippen molar-refractivity contribution in [1.29, 1.82) is 0 Å². The van der Waals surface area contributed by atoms with Crippen LogP contribution in [-0.2, 0) is 10.0 Å². The molecule has 0 heterocycles. The highest BCUT2D eigenvalue weighted by Crippen LogP contribution is 2.21. The number of sulfonamides is 1. The van der Waals surface area contributed by atoms with Crippen molar-refractivity contribution in [2.24, 2.45) is 0 Å². The molecule has 0 fully saturated rings. The van der Waals surface area contributed by atoms with Crippen LogP contribution in [0, 0.1) is 13.8 Å². The monoisotopic (exact) mass is 438 g/mol. The summed E-state index contributed by atoms with van der Waals surface area (Å²) < 4.78 is 33.3. The molecule has 0 aliphatic rings. The highest BCUT2D eigenvalue weighted by atomic mass is 32.2. The van der Waals surface area contributed by atoms with E-state index in [-0.39, 0.29) is 16.8 Å². The molecule has 0 aliphatic carbocycles. The first kappa shape index (κ1) is 22.4. The highest BCUT2D eigenvalue weighted by Gasteiger charge is 2.16. The van der Waals surface area contributed by atoms with Gasteiger partial charge in [-0.25, -0.2) is 8.42 Å². The van der Waals surface area contributed by atoms with E-state index in [0.29, 0.717) is 23.4 Å². The number of hydrogen-bond donors (Lipinski definition) is 2. The fourth-order valence-corrected chi connectivity index (χ4v) is 4.08. The summed E-state index contributed by atoms with van der Waals surface area (Å²) in [6.45, 7) is 5.96. The maximum Gasteiger partial charge on any atom is 0.261 e. The predicted molar refractivity (Wildman–Crippen MR) is 122 cm³/mol. The summed E-state index contributed by atoms with van der Waals surface area (Å²) in [6.07, 6.45) is 0. The molecule has 0 unspecified atom stereocenters. The van der Waals surface area contributed by atoms with Crippen molar-refractivity contribution in [1.82, 2.24) is 5.32 Å². The van der Waals surface area contributed by atoms with Crippen LogP contribution in [0.4, 0.5) is 5.69 Å². The molecule has 2 N–H and O–H groups in total. The molecule has 0 bridgehead atoms. The van der Waals surface area contributed by atoms with Crippen LogP contribution in [-0.4, -0.2) is 27.0 Å². The number of ether oxygens (including phenoxy) is 1. The Balaban J connectivity index is 1.61. The number of aryl methyl sites for hydroxylation is 2. The number of nitrogens with one attached hydrogen (secondary N) is 2. The summed E-state index contributed by atoms with van der Waals surface area (Å²) in [5.74, 6) is 0.498. The number of anilines is 1. The lowest BCUT2D eigenvalue weighted by Crippen LogP contribution is -2.36. The van der Waals surface area contributed by atoms with E-state index in [2.05, 4.69) is 10.0 Å². The Labute approximate surface area is 183 Å². The zero-order valence-electron chi connectivity index (χ0n) is 17.8. The lowest BCUT2D eigenvalue weighted by Gasteiger charge is -2.16. The average Bonchev–Trinajstić information content (AvgIpc) is 2.75. The molecule has 1 amide bonds. The molecule has 0 aliphatic heterocycles. The number of carbonyl (C=O) groups is 1. The van der Waals surface area contributed by atoms with Crippen molar-refractivity contribution >= 4 is 21.6 Å². The van der Waals surface area contributed by atoms with Crippen LogP contribution in [0.2, 0.25) is 0 Å². The van der Waals surface area contributed by atoms with Crippen molar-refractivity contribution in [2.45, 2.75) is 31.7 Å². The Hall–Kier alpha value is -3.32. The van der Waals surface area contributed by atoms with Crippen molar-refractivity contribution in [3.8, 4) is 5.75 Å². The van der Waals surface area contributed by atoms with Crippen LogP contribution >= 0.6 is 0 Å². The third kappa shape index (κ3) is 6.08. The number of hydrogen-bond acceptors (Lipinski definition) is 4. The van der Waals surface area contributed by atoms with Gasteiger partial charge >= 0.3 is 0 Å². The zero-order chi connectivity index (χ0) is 22.4. The standard InChI is InChI=1S/C24H26N2O4S/c1-17-9-12-21(13-10-17)30-16-19(3)25-24(27)20-11-14-23(18(2)15-20)26-31(28,29)22-7-5-4-6-8-22/h4-15,19,26H,16H2,1-3H3,(H,25,27)/t19-/m0/s1. The van der Waals surface area contributed by atoms with Gasteiger partial charge in [0.1, 0.15) is 12.4 Å². The third-order valence-corrected chi connectivity index (χ3v) is 6.07. The first-order chi connectivity index (χ1) is 14.7. The summed E-state index contributed by atoms with van der Waals surface area (Å²) >= 11 is 0. The van der Waals surface area contributed by atoms with Crippen molar-refractivity contribution in [2.75, 3.05) is 11.3 Å². The Kier molecular flexibility index (Phi) is 6.97. The fourth-order valence-electron chi connectivity index (χ4n) is 2.93. The molecule has 3 rings (SSSR count). The number of benzene rings is 3. The Morgan fingerprint density at radius 2 is 1.65 bits per heavy atom. The summed E-state index contributed by atoms with van der Waals surface area (Å²) in [5.41, 5.74) is 2.67. The second-order valence-corrected chi connectivity index (χ2v) is 9.13. The van der Waals surface area contributed by atoms with Gasteiger partial charge in [0.25, 0.3) is 15.9 Å². The number of carbonyl (C=O) groups excluding carboxylic acids is 1. The van der Waals surface area contributed by atoms with E-state index in [4.69, 9.17) is 4.74 Å². The van der Waals surface area contributed by atoms with Gasteiger partial charge < -0.3 is 10.1 Å².